The second kappa shape index (κ2) is 16.7. The molecule has 5 rings (SSSR count). The number of cyclic esters (lactones) is 1. The van der Waals surface area contributed by atoms with E-state index in [1.165, 1.54) is 6.07 Å². The number of imidazole rings is 1. The molecule has 0 radical (unpaired) electrons. The van der Waals surface area contributed by atoms with Gasteiger partial charge in [-0.05, 0) is 86.4 Å². The van der Waals surface area contributed by atoms with Gasteiger partial charge in [0.05, 0.1) is 30.3 Å². The summed E-state index contributed by atoms with van der Waals surface area (Å²) in [4.78, 5) is 44.9. The van der Waals surface area contributed by atoms with Crippen LogP contribution in [0.4, 0.5) is 0 Å². The average molecular weight is 696 g/mol. The van der Waals surface area contributed by atoms with Gasteiger partial charge in [-0.2, -0.15) is 0 Å². The number of carbonyl (C=O) groups excluding carboxylic acids is 3. The van der Waals surface area contributed by atoms with E-state index in [2.05, 4.69) is 19.2 Å². The second-order valence-electron chi connectivity index (χ2n) is 13.9. The molecule has 51 heavy (non-hydrogen) atoms. The van der Waals surface area contributed by atoms with Crippen LogP contribution >= 0.6 is 0 Å². The fraction of sp³-hybridized carbons (Fsp3) is 0.415. The Labute approximate surface area is 299 Å². The molecule has 0 bridgehead atoms. The fourth-order valence-corrected chi connectivity index (χ4v) is 6.86. The summed E-state index contributed by atoms with van der Waals surface area (Å²) in [6.45, 7) is 5.92. The zero-order valence-corrected chi connectivity index (χ0v) is 30.1. The van der Waals surface area contributed by atoms with Gasteiger partial charge in [0.25, 0.3) is 0 Å². The molecule has 4 aromatic rings. The number of Topliss-reactive ketones (excluding diaryl/α,β-unsaturated/α-hetero) is 1. The minimum atomic E-state index is -0.852. The highest BCUT2D eigenvalue weighted by Crippen LogP contribution is 2.44. The molecule has 1 amide bonds. The Hall–Kier alpha value is -5.12. The maximum atomic E-state index is 14.1. The number of hydrogen-bond donors (Lipinski definition) is 3. The number of para-hydroxylation sites is 2. The van der Waals surface area contributed by atoms with E-state index < -0.39 is 29.8 Å². The molecule has 3 atom stereocenters. The van der Waals surface area contributed by atoms with Gasteiger partial charge in [0.1, 0.15) is 34.4 Å². The maximum absolute atomic E-state index is 14.1. The Balaban J connectivity index is 1.56. The Morgan fingerprint density at radius 2 is 1.80 bits per heavy atom. The summed E-state index contributed by atoms with van der Waals surface area (Å²) in [6.07, 6.45) is 6.64. The minimum absolute atomic E-state index is 0.0434. The van der Waals surface area contributed by atoms with Crippen molar-refractivity contribution in [2.45, 2.75) is 90.2 Å². The molecule has 3 aromatic carbocycles. The van der Waals surface area contributed by atoms with E-state index in [0.717, 1.165) is 16.9 Å². The SMILES string of the molecule is COc1ccc(C(CC(=O)N[C@@H](CC(C)C)c2nc3ccccc3n2C)c2c(O)cc3c(c2O)C(=O)O[C@@H](C)CCCC(=O)CCC/C=C/3)cc1. The normalized spacial score (nSPS) is 17.6. The fourth-order valence-electron chi connectivity index (χ4n) is 6.86. The van der Waals surface area contributed by atoms with Crippen molar-refractivity contribution >= 4 is 34.8 Å². The highest BCUT2D eigenvalue weighted by atomic mass is 16.5. The van der Waals surface area contributed by atoms with Crippen molar-refractivity contribution < 1.29 is 34.1 Å². The first kappa shape index (κ1) is 37.1. The van der Waals surface area contributed by atoms with Crippen molar-refractivity contribution in [3.63, 3.8) is 0 Å². The number of phenolic OH excluding ortho intramolecular Hbond substituents is 2. The molecule has 1 aliphatic heterocycles. The number of benzene rings is 3. The number of aryl methyl sites for hydroxylation is 1. The number of nitrogens with zero attached hydrogens (tertiary/aromatic N) is 2. The molecule has 0 saturated carbocycles. The summed E-state index contributed by atoms with van der Waals surface area (Å²) >= 11 is 0. The van der Waals surface area contributed by atoms with Crippen molar-refractivity contribution in [3.8, 4) is 17.2 Å². The molecule has 2 heterocycles. The molecular formula is C41H49N3O7. The molecular weight excluding hydrogens is 646 g/mol. The predicted molar refractivity (Wildman–Crippen MR) is 197 cm³/mol. The molecule has 1 aromatic heterocycles. The monoisotopic (exact) mass is 695 g/mol. The molecule has 0 saturated heterocycles. The first-order valence-corrected chi connectivity index (χ1v) is 17.8. The van der Waals surface area contributed by atoms with E-state index in [9.17, 15) is 24.6 Å². The summed E-state index contributed by atoms with van der Waals surface area (Å²) in [6, 6.07) is 15.9. The highest BCUT2D eigenvalue weighted by molar-refractivity contribution is 5.98. The van der Waals surface area contributed by atoms with E-state index in [1.807, 2.05) is 42.0 Å². The number of ether oxygens (including phenoxy) is 2. The number of nitrogens with one attached hydrogen (secondary N) is 1. The van der Waals surface area contributed by atoms with Crippen molar-refractivity contribution in [1.82, 2.24) is 14.9 Å². The van der Waals surface area contributed by atoms with Crippen LogP contribution in [0.5, 0.6) is 17.2 Å². The lowest BCUT2D eigenvalue weighted by Crippen LogP contribution is -2.32. The first-order chi connectivity index (χ1) is 24.5. The zero-order valence-electron chi connectivity index (χ0n) is 30.1. The number of aromatic nitrogens is 2. The Morgan fingerprint density at radius 1 is 1.08 bits per heavy atom. The van der Waals surface area contributed by atoms with Crippen molar-refractivity contribution in [2.75, 3.05) is 7.11 Å². The van der Waals surface area contributed by atoms with Gasteiger partial charge < -0.3 is 29.6 Å². The van der Waals surface area contributed by atoms with Crippen LogP contribution in [0, 0.1) is 5.92 Å². The van der Waals surface area contributed by atoms with Gasteiger partial charge >= 0.3 is 5.97 Å². The van der Waals surface area contributed by atoms with E-state index in [1.54, 1.807) is 44.4 Å². The van der Waals surface area contributed by atoms with E-state index in [-0.39, 0.29) is 46.5 Å². The third kappa shape index (κ3) is 8.98. The Morgan fingerprint density at radius 3 is 2.51 bits per heavy atom. The molecule has 0 fully saturated rings. The standard InChI is InChI=1S/C41H49N3O7/c1-25(2)22-33(40-43-32-16-9-10-17-34(32)44(40)4)42-36(47)24-31(27-18-20-30(50-5)21-19-27)38-35(46)23-28-13-7-6-8-14-29(45)15-11-12-26(3)51-41(49)37(28)39(38)48/h7,9-10,13,16-21,23,25-26,31,33,46,48H,6,8,11-12,14-15,22,24H2,1-5H3,(H,42,47)/b13-7+/t26-,31?,33-/m0/s1. The molecule has 0 spiro atoms. The second-order valence-corrected chi connectivity index (χ2v) is 13.9. The zero-order chi connectivity index (χ0) is 36.7. The van der Waals surface area contributed by atoms with Crippen molar-refractivity contribution in [3.05, 3.63) is 88.8 Å². The van der Waals surface area contributed by atoms with Crippen LogP contribution in [0.1, 0.15) is 117 Å². The van der Waals surface area contributed by atoms with Gasteiger partial charge in [0, 0.05) is 37.8 Å². The minimum Gasteiger partial charge on any atom is -0.507 e. The Kier molecular flexibility index (Phi) is 12.2. The van der Waals surface area contributed by atoms with Crippen LogP contribution in [0.3, 0.4) is 0 Å². The summed E-state index contributed by atoms with van der Waals surface area (Å²) in [5, 5.41) is 26.7. The number of phenols is 2. The van der Waals surface area contributed by atoms with Gasteiger partial charge in [-0.3, -0.25) is 9.59 Å². The van der Waals surface area contributed by atoms with E-state index >= 15 is 0 Å². The van der Waals surface area contributed by atoms with Crippen LogP contribution in [0.25, 0.3) is 17.1 Å². The lowest BCUT2D eigenvalue weighted by Gasteiger charge is -2.25. The topological polar surface area (TPSA) is 140 Å². The number of ketones is 1. The molecule has 1 unspecified atom stereocenters. The van der Waals surface area contributed by atoms with Crippen molar-refractivity contribution in [2.24, 2.45) is 13.0 Å². The lowest BCUT2D eigenvalue weighted by atomic mass is 9.84. The first-order valence-electron chi connectivity index (χ1n) is 17.8. The summed E-state index contributed by atoms with van der Waals surface area (Å²) < 4.78 is 13.1. The van der Waals surface area contributed by atoms with Gasteiger partial charge in [0.15, 0.2) is 0 Å². The number of fused-ring (bicyclic) bond motifs is 2. The number of rotatable bonds is 9. The summed E-state index contributed by atoms with van der Waals surface area (Å²) in [5.41, 5.74) is 2.65. The van der Waals surface area contributed by atoms with Crippen LogP contribution in [-0.4, -0.2) is 50.6 Å². The third-order valence-electron chi connectivity index (χ3n) is 9.48. The molecule has 3 N–H and O–H groups in total. The largest absolute Gasteiger partial charge is 0.507 e. The average Bonchev–Trinajstić information content (AvgIpc) is 3.42. The van der Waals surface area contributed by atoms with Crippen molar-refractivity contribution in [1.29, 1.82) is 0 Å². The molecule has 1 aliphatic rings. The highest BCUT2D eigenvalue weighted by Gasteiger charge is 2.32. The summed E-state index contributed by atoms with van der Waals surface area (Å²) in [7, 11) is 3.49. The van der Waals surface area contributed by atoms with E-state index in [0.29, 0.717) is 56.3 Å². The van der Waals surface area contributed by atoms with Gasteiger partial charge in [-0.15, -0.1) is 0 Å². The number of amides is 1. The van der Waals surface area contributed by atoms with Crippen LogP contribution in [0.2, 0.25) is 0 Å². The molecule has 270 valence electrons. The number of aromatic hydroxyl groups is 2. The number of methoxy groups -OCH3 is 1. The Bertz CT molecular complexity index is 1890. The predicted octanol–water partition coefficient (Wildman–Crippen LogP) is 7.90. The molecule has 10 nitrogen and oxygen atoms in total. The lowest BCUT2D eigenvalue weighted by molar-refractivity contribution is -0.122. The molecule has 10 heteroatoms. The number of hydrogen-bond acceptors (Lipinski definition) is 8. The van der Waals surface area contributed by atoms with Crippen LogP contribution in [0.15, 0.2) is 60.7 Å². The number of esters is 1. The van der Waals surface area contributed by atoms with Gasteiger partial charge in [-0.25, -0.2) is 9.78 Å². The third-order valence-corrected chi connectivity index (χ3v) is 9.48. The smallest absolute Gasteiger partial charge is 0.342 e. The summed E-state index contributed by atoms with van der Waals surface area (Å²) in [5.74, 6) is -0.892. The quantitative estimate of drug-likeness (QED) is 0.150. The molecule has 0 aliphatic carbocycles. The van der Waals surface area contributed by atoms with Crippen LogP contribution < -0.4 is 10.1 Å². The van der Waals surface area contributed by atoms with Gasteiger partial charge in [-0.1, -0.05) is 50.3 Å². The van der Waals surface area contributed by atoms with Gasteiger partial charge in [0.2, 0.25) is 5.91 Å². The number of carbonyl (C=O) groups is 3. The number of allylic oxidation sites excluding steroid dienone is 1. The van der Waals surface area contributed by atoms with E-state index in [4.69, 9.17) is 14.5 Å². The van der Waals surface area contributed by atoms with Crippen LogP contribution in [-0.2, 0) is 21.4 Å². The maximum Gasteiger partial charge on any atom is 0.342 e.